The van der Waals surface area contributed by atoms with Crippen LogP contribution in [0.4, 0.5) is 5.69 Å². The number of nitrogens with zero attached hydrogens (tertiary/aromatic N) is 2. The highest BCUT2D eigenvalue weighted by Crippen LogP contribution is 2.57. The first-order valence-electron chi connectivity index (χ1n) is 13.3. The van der Waals surface area contributed by atoms with Crippen molar-refractivity contribution in [2.24, 2.45) is 11.8 Å². The predicted molar refractivity (Wildman–Crippen MR) is 138 cm³/mol. The van der Waals surface area contributed by atoms with Crippen LogP contribution in [0.25, 0.3) is 0 Å². The minimum Gasteiger partial charge on any atom is -0.465 e. The first-order chi connectivity index (χ1) is 17.7. The number of aliphatic hydroxyl groups is 1. The number of para-hydroxylation sites is 1. The number of unbranched alkanes of at least 4 members (excludes halogenated alkanes) is 2. The Morgan fingerprint density at radius 2 is 1.76 bits per heavy atom. The van der Waals surface area contributed by atoms with E-state index in [2.05, 4.69) is 0 Å². The summed E-state index contributed by atoms with van der Waals surface area (Å²) in [5.41, 5.74) is 0.419. The lowest BCUT2D eigenvalue weighted by Crippen LogP contribution is -2.56. The van der Waals surface area contributed by atoms with Gasteiger partial charge in [0.15, 0.2) is 0 Å². The van der Waals surface area contributed by atoms with Crippen molar-refractivity contribution in [2.75, 3.05) is 31.2 Å². The zero-order valence-corrected chi connectivity index (χ0v) is 21.8. The Balaban J connectivity index is 1.62. The topological polar surface area (TPSA) is 96.4 Å². The molecule has 0 radical (unpaired) electrons. The highest BCUT2D eigenvalue weighted by molar-refractivity contribution is 6.06. The molecule has 1 spiro atoms. The molecule has 0 aromatic heterocycles. The van der Waals surface area contributed by atoms with Crippen molar-refractivity contribution >= 4 is 23.5 Å². The van der Waals surface area contributed by atoms with Crippen molar-refractivity contribution < 1.29 is 29.0 Å². The molecule has 0 saturated carbocycles. The molecule has 1 aromatic rings. The highest BCUT2D eigenvalue weighted by Gasteiger charge is 2.74. The Hall–Kier alpha value is -2.97. The van der Waals surface area contributed by atoms with Gasteiger partial charge in [0.2, 0.25) is 5.91 Å². The lowest BCUT2D eigenvalue weighted by atomic mass is 9.74. The van der Waals surface area contributed by atoms with E-state index >= 15 is 0 Å². The summed E-state index contributed by atoms with van der Waals surface area (Å²) in [4.78, 5) is 45.3. The van der Waals surface area contributed by atoms with E-state index in [1.54, 1.807) is 9.80 Å². The van der Waals surface area contributed by atoms with Crippen LogP contribution in [0, 0.1) is 25.7 Å². The number of anilines is 1. The number of aryl methyl sites for hydroxylation is 2. The molecule has 5 atom stereocenters. The molecule has 1 unspecified atom stereocenters. The van der Waals surface area contributed by atoms with Crippen LogP contribution in [0.1, 0.15) is 43.7 Å². The van der Waals surface area contributed by atoms with Crippen LogP contribution in [0.2, 0.25) is 0 Å². The number of cyclic esters (lactones) is 1. The van der Waals surface area contributed by atoms with Crippen LogP contribution in [0.5, 0.6) is 0 Å². The van der Waals surface area contributed by atoms with Crippen molar-refractivity contribution in [3.63, 3.8) is 0 Å². The number of carbonyl (C=O) groups is 3. The smallest absolute Gasteiger partial charge is 0.313 e. The van der Waals surface area contributed by atoms with Gasteiger partial charge in [-0.25, -0.2) is 0 Å². The van der Waals surface area contributed by atoms with Gasteiger partial charge >= 0.3 is 5.97 Å². The van der Waals surface area contributed by atoms with E-state index in [0.29, 0.717) is 32.4 Å². The van der Waals surface area contributed by atoms with Gasteiger partial charge in [-0.1, -0.05) is 42.5 Å². The third-order valence-electron chi connectivity index (χ3n) is 8.29. The molecule has 37 heavy (non-hydrogen) atoms. The molecule has 0 aliphatic carbocycles. The molecule has 8 heteroatoms. The molecule has 1 aromatic carbocycles. The van der Waals surface area contributed by atoms with Crippen LogP contribution in [-0.4, -0.2) is 71.3 Å². The number of carbonyl (C=O) groups excluding carboxylic acids is 3. The summed E-state index contributed by atoms with van der Waals surface area (Å²) in [6.45, 7) is 6.78. The van der Waals surface area contributed by atoms with E-state index in [1.165, 1.54) is 0 Å². The normalized spacial score (nSPS) is 33.0. The minimum atomic E-state index is -1.29. The first kappa shape index (κ1) is 25.7. The number of rotatable bonds is 6. The largest absolute Gasteiger partial charge is 0.465 e. The summed E-state index contributed by atoms with van der Waals surface area (Å²) in [6, 6.07) is 5.00. The van der Waals surface area contributed by atoms with Crippen LogP contribution in [0.15, 0.2) is 42.5 Å². The van der Waals surface area contributed by atoms with Crippen molar-refractivity contribution in [1.82, 2.24) is 4.90 Å². The molecule has 2 fully saturated rings. The zero-order chi connectivity index (χ0) is 26.4. The van der Waals surface area contributed by atoms with Gasteiger partial charge < -0.3 is 24.4 Å². The Labute approximate surface area is 217 Å². The number of fused-ring (bicyclic) bond motifs is 2. The van der Waals surface area contributed by atoms with E-state index in [4.69, 9.17) is 9.47 Å². The average Bonchev–Trinajstić information content (AvgIpc) is 3.16. The van der Waals surface area contributed by atoms with E-state index in [0.717, 1.165) is 23.2 Å². The molecule has 2 saturated heterocycles. The lowest BCUT2D eigenvalue weighted by Gasteiger charge is -2.38. The first-order valence-corrected chi connectivity index (χ1v) is 13.3. The Morgan fingerprint density at radius 1 is 1.00 bits per heavy atom. The SMILES string of the molecule is Cc1cccc(C)c1N1CC=C[C@]23O[C@@]4(C)C=CCCOC(=O)[C@H]4[C@H]2C(=O)N(CCCCCO)C3C1=O. The van der Waals surface area contributed by atoms with Crippen molar-refractivity contribution in [3.8, 4) is 0 Å². The molecule has 0 bridgehead atoms. The maximum Gasteiger partial charge on any atom is 0.313 e. The van der Waals surface area contributed by atoms with Crippen LogP contribution in [-0.2, 0) is 23.9 Å². The summed E-state index contributed by atoms with van der Waals surface area (Å²) in [5.74, 6) is -2.65. The number of benzene rings is 1. The number of ether oxygens (including phenoxy) is 2. The minimum absolute atomic E-state index is 0.0770. The number of amides is 2. The zero-order valence-electron chi connectivity index (χ0n) is 21.8. The summed E-state index contributed by atoms with van der Waals surface area (Å²) < 4.78 is 12.3. The van der Waals surface area contributed by atoms with Crippen molar-refractivity contribution in [2.45, 2.75) is 63.7 Å². The van der Waals surface area contributed by atoms with E-state index < -0.39 is 35.0 Å². The van der Waals surface area contributed by atoms with Crippen LogP contribution in [0.3, 0.4) is 0 Å². The maximum absolute atomic E-state index is 14.5. The Kier molecular flexibility index (Phi) is 6.75. The second-order valence-corrected chi connectivity index (χ2v) is 10.8. The van der Waals surface area contributed by atoms with Crippen LogP contribution >= 0.6 is 0 Å². The lowest BCUT2D eigenvalue weighted by molar-refractivity contribution is -0.159. The van der Waals surface area contributed by atoms with E-state index in [9.17, 15) is 19.5 Å². The quantitative estimate of drug-likeness (QED) is 0.361. The molecular weight excluding hydrogens is 472 g/mol. The Morgan fingerprint density at radius 3 is 2.49 bits per heavy atom. The summed E-state index contributed by atoms with van der Waals surface area (Å²) in [7, 11) is 0. The maximum atomic E-state index is 14.5. The third kappa shape index (κ3) is 4.01. The number of likely N-dealkylation sites (tertiary alicyclic amines) is 1. The van der Waals surface area contributed by atoms with E-state index in [-0.39, 0.29) is 25.0 Å². The standard InChI is InChI=1S/C29H36N2O6/c1-19-11-9-12-20(2)23(19)30-16-10-14-29-21(22-27(35)36-18-8-5-13-28(22,3)37-29)25(33)31(24(29)26(30)34)15-6-4-7-17-32/h5,9-14,21-22,24,32H,4,6-8,15-18H2,1-3H3/t21-,22+,24?,28-,29-/m0/s1. The van der Waals surface area contributed by atoms with Gasteiger partial charge in [-0.05, 0) is 57.6 Å². The van der Waals surface area contributed by atoms with Gasteiger partial charge in [-0.15, -0.1) is 0 Å². The van der Waals surface area contributed by atoms with Gasteiger partial charge in [0.1, 0.15) is 17.6 Å². The van der Waals surface area contributed by atoms with Crippen molar-refractivity contribution in [3.05, 3.63) is 53.6 Å². The fourth-order valence-corrected chi connectivity index (χ4v) is 6.73. The summed E-state index contributed by atoms with van der Waals surface area (Å²) in [5, 5.41) is 9.23. The van der Waals surface area contributed by atoms with Gasteiger partial charge in [-0.3, -0.25) is 14.4 Å². The molecule has 2 amide bonds. The number of esters is 1. The molecular formula is C29H36N2O6. The van der Waals surface area contributed by atoms with Crippen molar-refractivity contribution in [1.29, 1.82) is 0 Å². The van der Waals surface area contributed by atoms with Gasteiger partial charge in [-0.2, -0.15) is 0 Å². The van der Waals surface area contributed by atoms with Crippen LogP contribution < -0.4 is 4.90 Å². The molecule has 4 aliphatic rings. The number of hydrogen-bond donors (Lipinski definition) is 1. The molecule has 8 nitrogen and oxygen atoms in total. The fourth-order valence-electron chi connectivity index (χ4n) is 6.73. The monoisotopic (exact) mass is 508 g/mol. The van der Waals surface area contributed by atoms with Gasteiger partial charge in [0, 0.05) is 25.4 Å². The molecule has 5 rings (SSSR count). The molecule has 198 valence electrons. The summed E-state index contributed by atoms with van der Waals surface area (Å²) in [6.07, 6.45) is 10.1. The summed E-state index contributed by atoms with van der Waals surface area (Å²) >= 11 is 0. The van der Waals surface area contributed by atoms with E-state index in [1.807, 2.05) is 63.3 Å². The Bertz CT molecular complexity index is 1140. The molecule has 4 heterocycles. The second-order valence-electron chi connectivity index (χ2n) is 10.8. The van der Waals surface area contributed by atoms with Gasteiger partial charge in [0.05, 0.1) is 18.1 Å². The number of hydrogen-bond acceptors (Lipinski definition) is 6. The highest BCUT2D eigenvalue weighted by atomic mass is 16.6. The predicted octanol–water partition coefficient (Wildman–Crippen LogP) is 2.84. The van der Waals surface area contributed by atoms with Gasteiger partial charge in [0.25, 0.3) is 5.91 Å². The number of aliphatic hydroxyl groups excluding tert-OH is 1. The molecule has 1 N–H and O–H groups in total. The second kappa shape index (κ2) is 9.72. The third-order valence-corrected chi connectivity index (χ3v) is 8.29. The average molecular weight is 509 g/mol. The fraction of sp³-hybridized carbons (Fsp3) is 0.552. The molecule has 4 aliphatic heterocycles.